The molecular formula is C24H23N3O5. The van der Waals surface area contributed by atoms with Gasteiger partial charge in [0, 0.05) is 29.2 Å². The molecule has 1 fully saturated rings. The molecule has 2 aromatic carbocycles. The number of ether oxygens (including phenoxy) is 2. The van der Waals surface area contributed by atoms with Crippen LogP contribution in [0.5, 0.6) is 11.5 Å². The number of methoxy groups -OCH3 is 1. The monoisotopic (exact) mass is 433 g/mol. The summed E-state index contributed by atoms with van der Waals surface area (Å²) in [5.41, 5.74) is 1.60. The Hall–Kier alpha value is -4.07. The summed E-state index contributed by atoms with van der Waals surface area (Å²) in [4.78, 5) is 37.8. The van der Waals surface area contributed by atoms with Crippen LogP contribution in [0.2, 0.25) is 0 Å². The van der Waals surface area contributed by atoms with Crippen LogP contribution in [0.25, 0.3) is 17.0 Å². The second kappa shape index (κ2) is 8.97. The van der Waals surface area contributed by atoms with Gasteiger partial charge in [0.25, 0.3) is 11.8 Å². The molecule has 164 valence electrons. The third-order valence-corrected chi connectivity index (χ3v) is 5.28. The van der Waals surface area contributed by atoms with Crippen molar-refractivity contribution in [2.24, 2.45) is 0 Å². The van der Waals surface area contributed by atoms with Crippen molar-refractivity contribution in [3.8, 4) is 11.5 Å². The fourth-order valence-electron chi connectivity index (χ4n) is 3.65. The third kappa shape index (κ3) is 4.07. The van der Waals surface area contributed by atoms with Crippen LogP contribution in [0, 0.1) is 0 Å². The second-order valence-electron chi connectivity index (χ2n) is 7.19. The molecule has 0 spiro atoms. The fraction of sp³-hybridized carbons (Fsp3) is 0.208. The predicted octanol–water partition coefficient (Wildman–Crippen LogP) is 3.21. The summed E-state index contributed by atoms with van der Waals surface area (Å²) in [5.74, 6) is 0.208. The van der Waals surface area contributed by atoms with E-state index >= 15 is 0 Å². The van der Waals surface area contributed by atoms with Gasteiger partial charge < -0.3 is 14.0 Å². The van der Waals surface area contributed by atoms with Crippen LogP contribution in [-0.2, 0) is 16.1 Å². The Morgan fingerprint density at radius 2 is 1.72 bits per heavy atom. The van der Waals surface area contributed by atoms with Gasteiger partial charge in [0.2, 0.25) is 0 Å². The molecule has 1 aliphatic heterocycles. The highest BCUT2D eigenvalue weighted by Crippen LogP contribution is 2.25. The minimum atomic E-state index is -0.697. The number of imide groups is 2. The summed E-state index contributed by atoms with van der Waals surface area (Å²) in [6.07, 6.45) is 3.41. The maximum absolute atomic E-state index is 12.6. The van der Waals surface area contributed by atoms with Crippen LogP contribution in [-0.4, -0.2) is 47.6 Å². The molecule has 1 saturated heterocycles. The molecule has 1 N–H and O–H groups in total. The van der Waals surface area contributed by atoms with Crippen molar-refractivity contribution in [3.63, 3.8) is 0 Å². The maximum atomic E-state index is 12.6. The summed E-state index contributed by atoms with van der Waals surface area (Å²) >= 11 is 0. The number of nitrogens with one attached hydrogen (secondary N) is 1. The van der Waals surface area contributed by atoms with E-state index in [-0.39, 0.29) is 12.1 Å². The van der Waals surface area contributed by atoms with Crippen molar-refractivity contribution in [2.75, 3.05) is 20.3 Å². The zero-order valence-corrected chi connectivity index (χ0v) is 17.8. The first-order chi connectivity index (χ1) is 15.5. The molecule has 4 rings (SSSR count). The van der Waals surface area contributed by atoms with Gasteiger partial charge in [-0.25, -0.2) is 4.79 Å². The number of aromatic nitrogens is 1. The number of hydrogen-bond donors (Lipinski definition) is 1. The Morgan fingerprint density at radius 3 is 2.44 bits per heavy atom. The van der Waals surface area contributed by atoms with Crippen molar-refractivity contribution in [2.45, 2.75) is 13.5 Å². The van der Waals surface area contributed by atoms with E-state index in [1.165, 1.54) is 6.08 Å². The first kappa shape index (κ1) is 21.2. The zero-order chi connectivity index (χ0) is 22.7. The van der Waals surface area contributed by atoms with Gasteiger partial charge in [-0.1, -0.05) is 18.2 Å². The van der Waals surface area contributed by atoms with E-state index in [1.54, 1.807) is 14.0 Å². The number of fused-ring (bicyclic) bond motifs is 1. The molecule has 3 aromatic rings. The zero-order valence-electron chi connectivity index (χ0n) is 17.8. The number of carbonyl (C=O) groups excluding carboxylic acids is 3. The molecule has 0 bridgehead atoms. The van der Waals surface area contributed by atoms with Crippen LogP contribution in [0.4, 0.5) is 4.79 Å². The summed E-state index contributed by atoms with van der Waals surface area (Å²) < 4.78 is 13.0. The number of rotatable bonds is 7. The molecular weight excluding hydrogens is 410 g/mol. The number of para-hydroxylation sites is 1. The Morgan fingerprint density at radius 1 is 1.00 bits per heavy atom. The summed E-state index contributed by atoms with van der Waals surface area (Å²) in [6, 6.07) is 14.4. The topological polar surface area (TPSA) is 89.9 Å². The van der Waals surface area contributed by atoms with Gasteiger partial charge in [-0.3, -0.25) is 19.8 Å². The number of amides is 4. The van der Waals surface area contributed by atoms with Crippen molar-refractivity contribution >= 4 is 34.8 Å². The standard InChI is InChI=1S/C24H23N3O5/c1-3-27-23(29)20(22(28)25-24(27)30)14-16-15-26(21-7-5-4-6-19(16)21)12-13-32-18-10-8-17(31-2)9-11-18/h4-11,14-15H,3,12-13H2,1-2H3,(H,25,28,30)/b20-14+. The first-order valence-corrected chi connectivity index (χ1v) is 10.3. The highest BCUT2D eigenvalue weighted by molar-refractivity contribution is 6.31. The lowest BCUT2D eigenvalue weighted by Gasteiger charge is -2.24. The molecule has 8 nitrogen and oxygen atoms in total. The van der Waals surface area contributed by atoms with Crippen molar-refractivity contribution in [1.82, 2.24) is 14.8 Å². The van der Waals surface area contributed by atoms with Gasteiger partial charge in [-0.05, 0) is 43.3 Å². The van der Waals surface area contributed by atoms with Gasteiger partial charge in [0.05, 0.1) is 13.7 Å². The SMILES string of the molecule is CCN1C(=O)NC(=O)/C(=C\c2cn(CCOc3ccc(OC)cc3)c3ccccc23)C1=O. The minimum absolute atomic E-state index is 0.0659. The first-order valence-electron chi connectivity index (χ1n) is 10.3. The summed E-state index contributed by atoms with van der Waals surface area (Å²) in [5, 5.41) is 3.11. The minimum Gasteiger partial charge on any atom is -0.497 e. The highest BCUT2D eigenvalue weighted by atomic mass is 16.5. The quantitative estimate of drug-likeness (QED) is 0.457. The molecule has 0 saturated carbocycles. The molecule has 0 unspecified atom stereocenters. The van der Waals surface area contributed by atoms with Crippen LogP contribution in [0.1, 0.15) is 12.5 Å². The smallest absolute Gasteiger partial charge is 0.331 e. The Balaban J connectivity index is 1.58. The summed E-state index contributed by atoms with van der Waals surface area (Å²) in [7, 11) is 1.61. The molecule has 2 heterocycles. The molecule has 1 aliphatic rings. The predicted molar refractivity (Wildman–Crippen MR) is 119 cm³/mol. The lowest BCUT2D eigenvalue weighted by molar-refractivity contribution is -0.129. The Kier molecular flexibility index (Phi) is 5.93. The van der Waals surface area contributed by atoms with E-state index in [2.05, 4.69) is 5.32 Å². The van der Waals surface area contributed by atoms with E-state index in [0.717, 1.165) is 27.3 Å². The molecule has 0 atom stereocenters. The number of nitrogens with zero attached hydrogens (tertiary/aromatic N) is 2. The van der Waals surface area contributed by atoms with Gasteiger partial charge in [0.1, 0.15) is 23.7 Å². The van der Waals surface area contributed by atoms with Crippen LogP contribution in [0.3, 0.4) is 0 Å². The van der Waals surface area contributed by atoms with E-state index in [9.17, 15) is 14.4 Å². The molecule has 0 radical (unpaired) electrons. The highest BCUT2D eigenvalue weighted by Gasteiger charge is 2.34. The molecule has 0 aliphatic carbocycles. The normalized spacial score (nSPS) is 15.4. The average Bonchev–Trinajstić information content (AvgIpc) is 3.15. The van der Waals surface area contributed by atoms with Crippen molar-refractivity contribution < 1.29 is 23.9 Å². The molecule has 32 heavy (non-hydrogen) atoms. The van der Waals surface area contributed by atoms with Gasteiger partial charge >= 0.3 is 6.03 Å². The van der Waals surface area contributed by atoms with Crippen LogP contribution in [0.15, 0.2) is 60.3 Å². The lowest BCUT2D eigenvalue weighted by Crippen LogP contribution is -2.53. The molecule has 4 amide bonds. The number of benzene rings is 2. The number of likely N-dealkylation sites (N-methyl/N-ethyl adjacent to an activating group) is 1. The Bertz CT molecular complexity index is 1210. The fourth-order valence-corrected chi connectivity index (χ4v) is 3.65. The van der Waals surface area contributed by atoms with Crippen molar-refractivity contribution in [1.29, 1.82) is 0 Å². The van der Waals surface area contributed by atoms with E-state index in [0.29, 0.717) is 18.7 Å². The lowest BCUT2D eigenvalue weighted by atomic mass is 10.1. The maximum Gasteiger partial charge on any atom is 0.331 e. The third-order valence-electron chi connectivity index (χ3n) is 5.28. The van der Waals surface area contributed by atoms with Crippen LogP contribution < -0.4 is 14.8 Å². The Labute approximate surface area is 185 Å². The van der Waals surface area contributed by atoms with Gasteiger partial charge in [-0.15, -0.1) is 0 Å². The largest absolute Gasteiger partial charge is 0.497 e. The molecule has 1 aromatic heterocycles. The number of hydrogen-bond acceptors (Lipinski definition) is 5. The average molecular weight is 433 g/mol. The van der Waals surface area contributed by atoms with Gasteiger partial charge in [-0.2, -0.15) is 0 Å². The molecule has 8 heteroatoms. The number of urea groups is 1. The number of barbiturate groups is 1. The summed E-state index contributed by atoms with van der Waals surface area (Å²) in [6.45, 7) is 2.85. The second-order valence-corrected chi connectivity index (χ2v) is 7.19. The van der Waals surface area contributed by atoms with Crippen molar-refractivity contribution in [3.05, 3.63) is 65.9 Å². The number of carbonyl (C=O) groups is 3. The van der Waals surface area contributed by atoms with E-state index < -0.39 is 17.8 Å². The van der Waals surface area contributed by atoms with Crippen LogP contribution >= 0.6 is 0 Å². The van der Waals surface area contributed by atoms with Gasteiger partial charge in [0.15, 0.2) is 0 Å². The van der Waals surface area contributed by atoms with E-state index in [1.807, 2.05) is 59.3 Å². The van der Waals surface area contributed by atoms with E-state index in [4.69, 9.17) is 9.47 Å².